The molecule has 0 aromatic heterocycles. The van der Waals surface area contributed by atoms with E-state index in [1.54, 1.807) is 0 Å². The molecule has 3 nitrogen and oxygen atoms in total. The molecule has 0 spiro atoms. The Labute approximate surface area is 126 Å². The van der Waals surface area contributed by atoms with E-state index in [2.05, 4.69) is 17.0 Å². The Morgan fingerprint density at radius 2 is 2.15 bits per heavy atom. The van der Waals surface area contributed by atoms with Crippen LogP contribution < -0.4 is 10.6 Å². The number of ether oxygens (including phenoxy) is 1. The quantitative estimate of drug-likeness (QED) is 0.907. The number of halogens is 1. The highest BCUT2D eigenvalue weighted by atomic mass is 35.5. The number of nitrogens with zero attached hydrogens (tertiary/aromatic N) is 1. The van der Waals surface area contributed by atoms with E-state index in [0.717, 1.165) is 29.4 Å². The van der Waals surface area contributed by atoms with Gasteiger partial charge in [0.2, 0.25) is 0 Å². The van der Waals surface area contributed by atoms with Crippen LogP contribution in [-0.4, -0.2) is 25.3 Å². The smallest absolute Gasteiger partial charge is 0.0779 e. The summed E-state index contributed by atoms with van der Waals surface area (Å²) in [5.74, 6) is 0. The maximum Gasteiger partial charge on any atom is 0.0779 e. The summed E-state index contributed by atoms with van der Waals surface area (Å²) in [6.45, 7) is 3.71. The largest absolute Gasteiger partial charge is 0.374 e. The van der Waals surface area contributed by atoms with Gasteiger partial charge in [0.05, 0.1) is 29.5 Å². The van der Waals surface area contributed by atoms with Crippen LogP contribution in [0.15, 0.2) is 18.2 Å². The van der Waals surface area contributed by atoms with Crippen molar-refractivity contribution >= 4 is 17.3 Å². The van der Waals surface area contributed by atoms with Gasteiger partial charge in [-0.3, -0.25) is 0 Å². The Hall–Kier alpha value is -0.770. The Morgan fingerprint density at radius 1 is 1.35 bits per heavy atom. The molecule has 1 saturated carbocycles. The van der Waals surface area contributed by atoms with Gasteiger partial charge < -0.3 is 15.4 Å². The zero-order chi connectivity index (χ0) is 14.1. The summed E-state index contributed by atoms with van der Waals surface area (Å²) >= 11 is 6.50. The van der Waals surface area contributed by atoms with Crippen molar-refractivity contribution in [3.8, 4) is 0 Å². The van der Waals surface area contributed by atoms with Crippen LogP contribution in [0.3, 0.4) is 0 Å². The fourth-order valence-corrected chi connectivity index (χ4v) is 3.73. The van der Waals surface area contributed by atoms with Crippen molar-refractivity contribution in [2.45, 2.75) is 50.8 Å². The molecule has 0 bridgehead atoms. The predicted molar refractivity (Wildman–Crippen MR) is 83.4 cm³/mol. The van der Waals surface area contributed by atoms with Crippen molar-refractivity contribution in [1.82, 2.24) is 0 Å². The highest BCUT2D eigenvalue weighted by Crippen LogP contribution is 2.36. The predicted octanol–water partition coefficient (Wildman–Crippen LogP) is 3.51. The molecule has 2 fully saturated rings. The Balaban J connectivity index is 1.87. The lowest BCUT2D eigenvalue weighted by molar-refractivity contribution is -0.00866. The molecule has 2 N–H and O–H groups in total. The van der Waals surface area contributed by atoms with Crippen molar-refractivity contribution in [2.75, 3.05) is 18.1 Å². The maximum absolute atomic E-state index is 6.50. The summed E-state index contributed by atoms with van der Waals surface area (Å²) in [6, 6.07) is 6.73. The molecule has 0 radical (unpaired) electrons. The van der Waals surface area contributed by atoms with Crippen molar-refractivity contribution in [1.29, 1.82) is 0 Å². The minimum atomic E-state index is 0.0219. The molecule has 3 atom stereocenters. The summed E-state index contributed by atoms with van der Waals surface area (Å²) in [4.78, 5) is 2.45. The van der Waals surface area contributed by atoms with Crippen LogP contribution in [0.4, 0.5) is 5.69 Å². The molecule has 0 amide bonds. The second-order valence-corrected chi connectivity index (χ2v) is 6.36. The van der Waals surface area contributed by atoms with Gasteiger partial charge in [0.15, 0.2) is 0 Å². The first-order chi connectivity index (χ1) is 9.66. The highest BCUT2D eigenvalue weighted by Gasteiger charge is 2.34. The van der Waals surface area contributed by atoms with Gasteiger partial charge in [-0.25, -0.2) is 0 Å². The monoisotopic (exact) mass is 294 g/mol. The highest BCUT2D eigenvalue weighted by molar-refractivity contribution is 6.33. The van der Waals surface area contributed by atoms with Crippen molar-refractivity contribution in [3.05, 3.63) is 28.8 Å². The van der Waals surface area contributed by atoms with E-state index in [1.165, 1.54) is 25.7 Å². The zero-order valence-electron chi connectivity index (χ0n) is 12.0. The molecule has 4 heteroatoms. The molecule has 1 aliphatic carbocycles. The lowest BCUT2D eigenvalue weighted by Gasteiger charge is -2.45. The lowest BCUT2D eigenvalue weighted by atomic mass is 9.89. The Bertz CT molecular complexity index is 476. The van der Waals surface area contributed by atoms with E-state index in [1.807, 2.05) is 13.0 Å². The van der Waals surface area contributed by atoms with Gasteiger partial charge in [0.1, 0.15) is 0 Å². The van der Waals surface area contributed by atoms with Gasteiger partial charge in [-0.05, 0) is 37.5 Å². The maximum atomic E-state index is 6.50. The Morgan fingerprint density at radius 3 is 2.90 bits per heavy atom. The molecular weight excluding hydrogens is 272 g/mol. The fraction of sp³-hybridized carbons (Fsp3) is 0.625. The number of anilines is 1. The molecule has 1 aromatic rings. The zero-order valence-corrected chi connectivity index (χ0v) is 12.8. The number of benzene rings is 1. The SMILES string of the molecule is C[C@@H](N)c1ccc(N2CCOC3CCCCC32)c(Cl)c1. The number of nitrogens with two attached hydrogens (primary N) is 1. The third kappa shape index (κ3) is 2.67. The normalized spacial score (nSPS) is 28.1. The van der Waals surface area contributed by atoms with Crippen molar-refractivity contribution in [3.63, 3.8) is 0 Å². The van der Waals surface area contributed by atoms with E-state index in [0.29, 0.717) is 12.1 Å². The minimum absolute atomic E-state index is 0.0219. The number of rotatable bonds is 2. The summed E-state index contributed by atoms with van der Waals surface area (Å²) < 4.78 is 5.93. The third-order valence-corrected chi connectivity index (χ3v) is 4.84. The van der Waals surface area contributed by atoms with Gasteiger partial charge in [0, 0.05) is 12.6 Å². The molecule has 1 heterocycles. The second-order valence-electron chi connectivity index (χ2n) is 5.95. The van der Waals surface area contributed by atoms with E-state index < -0.39 is 0 Å². The standard InChI is InChI=1S/C16H23ClN2O/c1-11(18)12-6-7-14(13(17)10-12)19-8-9-20-16-5-3-2-4-15(16)19/h6-7,10-11,15-16H,2-5,8-9,18H2,1H3/t11-,15?,16?/m1/s1. The molecule has 2 aliphatic rings. The topological polar surface area (TPSA) is 38.5 Å². The van der Waals surface area contributed by atoms with Crippen LogP contribution in [0.25, 0.3) is 0 Å². The summed E-state index contributed by atoms with van der Waals surface area (Å²) in [6.07, 6.45) is 5.33. The second kappa shape index (κ2) is 5.92. The van der Waals surface area contributed by atoms with Crippen LogP contribution in [0.5, 0.6) is 0 Å². The van der Waals surface area contributed by atoms with E-state index in [4.69, 9.17) is 22.1 Å². The van der Waals surface area contributed by atoms with E-state index in [-0.39, 0.29) is 6.04 Å². The first kappa shape index (κ1) is 14.2. The van der Waals surface area contributed by atoms with Gasteiger partial charge in [0.25, 0.3) is 0 Å². The summed E-state index contributed by atoms with van der Waals surface area (Å²) in [5, 5.41) is 0.811. The first-order valence-corrected chi connectivity index (χ1v) is 7.98. The average Bonchev–Trinajstić information content (AvgIpc) is 2.46. The minimum Gasteiger partial charge on any atom is -0.374 e. The average molecular weight is 295 g/mol. The Kier molecular flexibility index (Phi) is 4.20. The van der Waals surface area contributed by atoms with Crippen LogP contribution in [0, 0.1) is 0 Å². The molecule has 1 saturated heterocycles. The third-order valence-electron chi connectivity index (χ3n) is 4.54. The van der Waals surface area contributed by atoms with E-state index >= 15 is 0 Å². The number of fused-ring (bicyclic) bond motifs is 1. The number of hydrogen-bond donors (Lipinski definition) is 1. The van der Waals surface area contributed by atoms with Gasteiger partial charge in [-0.1, -0.05) is 30.5 Å². The van der Waals surface area contributed by atoms with Crippen molar-refractivity contribution in [2.24, 2.45) is 5.73 Å². The van der Waals surface area contributed by atoms with Crippen LogP contribution in [0.1, 0.15) is 44.2 Å². The fourth-order valence-electron chi connectivity index (χ4n) is 3.43. The number of morpholine rings is 1. The van der Waals surface area contributed by atoms with Crippen LogP contribution in [-0.2, 0) is 4.74 Å². The van der Waals surface area contributed by atoms with Crippen LogP contribution >= 0.6 is 11.6 Å². The molecule has 110 valence electrons. The van der Waals surface area contributed by atoms with Crippen molar-refractivity contribution < 1.29 is 4.74 Å². The molecular formula is C16H23ClN2O. The summed E-state index contributed by atoms with van der Waals surface area (Å²) in [7, 11) is 0. The van der Waals surface area contributed by atoms with Gasteiger partial charge in [-0.15, -0.1) is 0 Å². The van der Waals surface area contributed by atoms with Crippen LogP contribution in [0.2, 0.25) is 5.02 Å². The van der Waals surface area contributed by atoms with Gasteiger partial charge in [-0.2, -0.15) is 0 Å². The number of hydrogen-bond acceptors (Lipinski definition) is 3. The summed E-state index contributed by atoms with van der Waals surface area (Å²) in [5.41, 5.74) is 8.15. The first-order valence-electron chi connectivity index (χ1n) is 7.60. The molecule has 3 rings (SSSR count). The molecule has 1 aromatic carbocycles. The van der Waals surface area contributed by atoms with Gasteiger partial charge >= 0.3 is 0 Å². The van der Waals surface area contributed by atoms with E-state index in [9.17, 15) is 0 Å². The molecule has 20 heavy (non-hydrogen) atoms. The lowest BCUT2D eigenvalue weighted by Crippen LogP contribution is -2.52. The molecule has 1 aliphatic heterocycles. The molecule has 2 unspecified atom stereocenters.